The molecule has 0 spiro atoms. The van der Waals surface area contributed by atoms with Crippen molar-refractivity contribution in [3.63, 3.8) is 0 Å². The molecule has 15 heavy (non-hydrogen) atoms. The first-order valence-electron chi connectivity index (χ1n) is 5.07. The molecule has 1 aliphatic heterocycles. The Kier molecular flexibility index (Phi) is 3.68. The van der Waals surface area contributed by atoms with Crippen molar-refractivity contribution in [3.8, 4) is 0 Å². The minimum absolute atomic E-state index is 0.0470. The summed E-state index contributed by atoms with van der Waals surface area (Å²) < 4.78 is 0. The van der Waals surface area contributed by atoms with Gasteiger partial charge in [-0.2, -0.15) is 0 Å². The second-order valence-corrected chi connectivity index (χ2v) is 4.35. The summed E-state index contributed by atoms with van der Waals surface area (Å²) >= 11 is 0. The molecule has 0 bridgehead atoms. The molecule has 5 heteroatoms. The van der Waals surface area contributed by atoms with Crippen LogP contribution in [-0.2, 0) is 9.59 Å². The van der Waals surface area contributed by atoms with Gasteiger partial charge in [0, 0.05) is 5.97 Å². The van der Waals surface area contributed by atoms with Gasteiger partial charge in [-0.15, -0.1) is 0 Å². The van der Waals surface area contributed by atoms with E-state index in [0.717, 1.165) is 0 Å². The maximum absolute atomic E-state index is 10.8. The summed E-state index contributed by atoms with van der Waals surface area (Å²) in [6, 6.07) is -0.865. The SMILES string of the molecule is CC(C)[C@H]1CN[C@H](C(=O)[O-])[C@H]1CC(=O)[O-]. The standard InChI is InChI=1S/C10H17NO4/c1-5(2)7-4-11-9(10(14)15)6(7)3-8(12)13/h5-7,9,11H,3-4H2,1-2H3,(H,12,13)(H,14,15)/p-2/t6-,7+,9-/m0/s1. The van der Waals surface area contributed by atoms with Gasteiger partial charge in [0.2, 0.25) is 0 Å². The second-order valence-electron chi connectivity index (χ2n) is 4.35. The zero-order valence-electron chi connectivity index (χ0n) is 8.86. The number of hydrogen-bond donors (Lipinski definition) is 1. The Labute approximate surface area is 88.5 Å². The van der Waals surface area contributed by atoms with Crippen LogP contribution in [-0.4, -0.2) is 24.5 Å². The van der Waals surface area contributed by atoms with Crippen molar-refractivity contribution in [1.29, 1.82) is 0 Å². The third-order valence-corrected chi connectivity index (χ3v) is 3.06. The van der Waals surface area contributed by atoms with E-state index >= 15 is 0 Å². The maximum atomic E-state index is 10.8. The summed E-state index contributed by atoms with van der Waals surface area (Å²) in [6.07, 6.45) is -0.228. The summed E-state index contributed by atoms with van der Waals surface area (Å²) in [5, 5.41) is 24.1. The van der Waals surface area contributed by atoms with Gasteiger partial charge in [-0.1, -0.05) is 13.8 Å². The molecule has 0 aromatic heterocycles. The molecule has 1 fully saturated rings. The minimum atomic E-state index is -1.23. The molecule has 1 N–H and O–H groups in total. The van der Waals surface area contributed by atoms with Crippen LogP contribution in [0.1, 0.15) is 20.3 Å². The highest BCUT2D eigenvalue weighted by molar-refractivity contribution is 5.74. The fraction of sp³-hybridized carbons (Fsp3) is 0.800. The molecule has 3 atom stereocenters. The van der Waals surface area contributed by atoms with Crippen LogP contribution in [0.2, 0.25) is 0 Å². The summed E-state index contributed by atoms with van der Waals surface area (Å²) in [4.78, 5) is 21.3. The van der Waals surface area contributed by atoms with Crippen molar-refractivity contribution in [2.24, 2.45) is 17.8 Å². The van der Waals surface area contributed by atoms with E-state index in [0.29, 0.717) is 6.54 Å². The lowest BCUT2D eigenvalue weighted by molar-refractivity contribution is -0.311. The largest absolute Gasteiger partial charge is 0.550 e. The lowest BCUT2D eigenvalue weighted by Crippen LogP contribution is -2.46. The molecule has 5 nitrogen and oxygen atoms in total. The van der Waals surface area contributed by atoms with Crippen LogP contribution in [0.4, 0.5) is 0 Å². The number of carbonyl (C=O) groups excluding carboxylic acids is 2. The molecule has 0 amide bonds. The topological polar surface area (TPSA) is 92.3 Å². The molecule has 0 radical (unpaired) electrons. The van der Waals surface area contributed by atoms with Gasteiger partial charge in [0.1, 0.15) is 0 Å². The summed E-state index contributed by atoms with van der Waals surface area (Å²) in [7, 11) is 0. The molecule has 1 heterocycles. The third-order valence-electron chi connectivity index (χ3n) is 3.06. The highest BCUT2D eigenvalue weighted by atomic mass is 16.4. The predicted molar refractivity (Wildman–Crippen MR) is 48.2 cm³/mol. The van der Waals surface area contributed by atoms with Crippen LogP contribution in [0.25, 0.3) is 0 Å². The van der Waals surface area contributed by atoms with Crippen molar-refractivity contribution in [3.05, 3.63) is 0 Å². The Morgan fingerprint density at radius 1 is 1.40 bits per heavy atom. The van der Waals surface area contributed by atoms with E-state index in [4.69, 9.17) is 0 Å². The number of carboxylic acids is 2. The molecule has 0 aliphatic carbocycles. The fourth-order valence-electron chi connectivity index (χ4n) is 2.26. The number of nitrogens with one attached hydrogen (secondary N) is 1. The quantitative estimate of drug-likeness (QED) is 0.569. The second kappa shape index (κ2) is 4.61. The molecule has 0 saturated carbocycles. The van der Waals surface area contributed by atoms with Gasteiger partial charge in [0.25, 0.3) is 0 Å². The van der Waals surface area contributed by atoms with Crippen LogP contribution in [0.3, 0.4) is 0 Å². The van der Waals surface area contributed by atoms with Crippen LogP contribution in [0, 0.1) is 17.8 Å². The normalized spacial score (nSPS) is 30.7. The Morgan fingerprint density at radius 3 is 2.40 bits per heavy atom. The van der Waals surface area contributed by atoms with E-state index in [2.05, 4.69) is 5.32 Å². The Morgan fingerprint density at radius 2 is 2.00 bits per heavy atom. The van der Waals surface area contributed by atoms with Gasteiger partial charge in [0.05, 0.1) is 12.0 Å². The number of carboxylic acid groups (broad SMARTS) is 2. The van der Waals surface area contributed by atoms with Gasteiger partial charge < -0.3 is 25.1 Å². The van der Waals surface area contributed by atoms with Gasteiger partial charge in [-0.05, 0) is 30.7 Å². The van der Waals surface area contributed by atoms with E-state index in [9.17, 15) is 19.8 Å². The van der Waals surface area contributed by atoms with Crippen LogP contribution in [0.15, 0.2) is 0 Å². The fourth-order valence-corrected chi connectivity index (χ4v) is 2.26. The zero-order chi connectivity index (χ0) is 11.6. The number of rotatable bonds is 4. The summed E-state index contributed by atoms with van der Waals surface area (Å²) in [6.45, 7) is 4.42. The molecular formula is C10H15NO4-2. The van der Waals surface area contributed by atoms with Gasteiger partial charge in [-0.25, -0.2) is 0 Å². The molecule has 0 aromatic rings. The first kappa shape index (κ1) is 12.0. The predicted octanol–water partition coefficient (Wildman–Crippen LogP) is -2.26. The molecule has 1 aliphatic rings. The highest BCUT2D eigenvalue weighted by Crippen LogP contribution is 2.31. The average molecular weight is 213 g/mol. The Bertz CT molecular complexity index is 264. The van der Waals surface area contributed by atoms with Gasteiger partial charge >= 0.3 is 0 Å². The molecular weight excluding hydrogens is 198 g/mol. The Balaban J connectivity index is 2.77. The van der Waals surface area contributed by atoms with E-state index in [1.54, 1.807) is 0 Å². The van der Waals surface area contributed by atoms with E-state index in [1.807, 2.05) is 13.8 Å². The molecule has 86 valence electrons. The highest BCUT2D eigenvalue weighted by Gasteiger charge is 2.37. The van der Waals surface area contributed by atoms with Crippen LogP contribution < -0.4 is 15.5 Å². The summed E-state index contributed by atoms with van der Waals surface area (Å²) in [5.41, 5.74) is 0. The first-order chi connectivity index (χ1) is 6.93. The lowest BCUT2D eigenvalue weighted by Gasteiger charge is -2.27. The molecule has 0 unspecified atom stereocenters. The summed E-state index contributed by atoms with van der Waals surface area (Å²) in [5.74, 6) is -2.58. The number of hydrogen-bond acceptors (Lipinski definition) is 5. The Hall–Kier alpha value is -1.10. The molecule has 1 saturated heterocycles. The minimum Gasteiger partial charge on any atom is -0.550 e. The molecule has 1 rings (SSSR count). The van der Waals surface area contributed by atoms with Crippen molar-refractivity contribution < 1.29 is 19.8 Å². The van der Waals surface area contributed by atoms with Crippen LogP contribution in [0.5, 0.6) is 0 Å². The van der Waals surface area contributed by atoms with Gasteiger partial charge in [0.15, 0.2) is 0 Å². The van der Waals surface area contributed by atoms with Crippen molar-refractivity contribution in [2.45, 2.75) is 26.3 Å². The van der Waals surface area contributed by atoms with E-state index in [-0.39, 0.29) is 18.3 Å². The smallest absolute Gasteiger partial charge is 0.0587 e. The first-order valence-corrected chi connectivity index (χ1v) is 5.07. The van der Waals surface area contributed by atoms with Crippen molar-refractivity contribution in [1.82, 2.24) is 5.32 Å². The lowest BCUT2D eigenvalue weighted by atomic mass is 9.81. The third kappa shape index (κ3) is 2.68. The van der Waals surface area contributed by atoms with Gasteiger partial charge in [-0.3, -0.25) is 0 Å². The van der Waals surface area contributed by atoms with Crippen molar-refractivity contribution >= 4 is 11.9 Å². The van der Waals surface area contributed by atoms with Crippen LogP contribution >= 0.6 is 0 Å². The zero-order valence-corrected chi connectivity index (χ0v) is 8.86. The molecule has 0 aromatic carbocycles. The number of carbonyl (C=O) groups is 2. The van der Waals surface area contributed by atoms with Crippen molar-refractivity contribution in [2.75, 3.05) is 6.54 Å². The van der Waals surface area contributed by atoms with E-state index < -0.39 is 23.9 Å². The van der Waals surface area contributed by atoms with E-state index in [1.165, 1.54) is 0 Å². The maximum Gasteiger partial charge on any atom is 0.0587 e. The monoisotopic (exact) mass is 213 g/mol. The number of aliphatic carboxylic acids is 2. The average Bonchev–Trinajstić information content (AvgIpc) is 2.46.